The third-order valence-corrected chi connectivity index (χ3v) is 5.02. The number of anilines is 2. The van der Waals surface area contributed by atoms with Crippen LogP contribution in [0.3, 0.4) is 0 Å². The van der Waals surface area contributed by atoms with Gasteiger partial charge in [-0.25, -0.2) is 4.98 Å². The Morgan fingerprint density at radius 2 is 1.73 bits per heavy atom. The van der Waals surface area contributed by atoms with Gasteiger partial charge in [0, 0.05) is 35.1 Å². The smallest absolute Gasteiger partial charge is 0.133 e. The van der Waals surface area contributed by atoms with Gasteiger partial charge in [0.2, 0.25) is 0 Å². The van der Waals surface area contributed by atoms with Crippen molar-refractivity contribution < 1.29 is 9.47 Å². The second-order valence-electron chi connectivity index (χ2n) is 7.07. The number of rotatable bonds is 8. The predicted octanol–water partition coefficient (Wildman–Crippen LogP) is 5.05. The number of benzene rings is 2. The Morgan fingerprint density at radius 1 is 1.03 bits per heavy atom. The Labute approximate surface area is 177 Å². The van der Waals surface area contributed by atoms with Crippen molar-refractivity contribution in [2.45, 2.75) is 26.8 Å². The minimum absolute atomic E-state index is 0.389. The van der Waals surface area contributed by atoms with Crippen molar-refractivity contribution in [3.8, 4) is 22.8 Å². The number of aryl methyl sites for hydroxylation is 1. The standard InChI is InChI=1S/C24H28N4O2/c1-5-22(25)20-8-9-23(28-24(20)26)21-12-17(7-6-15(21)2)27-14-16-10-18(29-3)13-19(11-16)30-4/h6-13,25,27H,5,14H2,1-4H3,(H2,26,28). The van der Waals surface area contributed by atoms with Crippen molar-refractivity contribution in [1.29, 1.82) is 5.41 Å². The molecule has 3 aromatic rings. The number of hydrogen-bond donors (Lipinski definition) is 3. The molecule has 0 unspecified atom stereocenters. The van der Waals surface area contributed by atoms with E-state index in [-0.39, 0.29) is 0 Å². The molecule has 2 aromatic carbocycles. The normalized spacial score (nSPS) is 10.5. The molecule has 3 rings (SSSR count). The van der Waals surface area contributed by atoms with Crippen molar-refractivity contribution in [3.05, 3.63) is 65.2 Å². The minimum atomic E-state index is 0.389. The van der Waals surface area contributed by atoms with E-state index in [1.54, 1.807) is 14.2 Å². The molecule has 4 N–H and O–H groups in total. The molecule has 1 heterocycles. The van der Waals surface area contributed by atoms with Gasteiger partial charge in [-0.3, -0.25) is 0 Å². The van der Waals surface area contributed by atoms with Crippen LogP contribution in [-0.4, -0.2) is 24.9 Å². The first kappa shape index (κ1) is 21.2. The van der Waals surface area contributed by atoms with E-state index in [0.29, 0.717) is 30.1 Å². The van der Waals surface area contributed by atoms with E-state index in [0.717, 1.165) is 39.6 Å². The van der Waals surface area contributed by atoms with Crippen molar-refractivity contribution in [2.75, 3.05) is 25.3 Å². The molecule has 6 heteroatoms. The molecule has 0 aliphatic heterocycles. The minimum Gasteiger partial charge on any atom is -0.497 e. The first-order chi connectivity index (χ1) is 14.4. The highest BCUT2D eigenvalue weighted by Crippen LogP contribution is 2.28. The third-order valence-electron chi connectivity index (χ3n) is 5.02. The zero-order chi connectivity index (χ0) is 21.7. The van der Waals surface area contributed by atoms with Crippen LogP contribution in [0, 0.1) is 12.3 Å². The number of methoxy groups -OCH3 is 2. The van der Waals surface area contributed by atoms with Crippen LogP contribution in [0.15, 0.2) is 48.5 Å². The molecular formula is C24H28N4O2. The Morgan fingerprint density at radius 3 is 2.33 bits per heavy atom. The number of pyridine rings is 1. The Balaban J connectivity index is 1.84. The van der Waals surface area contributed by atoms with Gasteiger partial charge < -0.3 is 25.9 Å². The highest BCUT2D eigenvalue weighted by atomic mass is 16.5. The lowest BCUT2D eigenvalue weighted by molar-refractivity contribution is 0.393. The number of nitrogens with two attached hydrogens (primary N) is 1. The van der Waals surface area contributed by atoms with Crippen molar-refractivity contribution >= 4 is 17.2 Å². The summed E-state index contributed by atoms with van der Waals surface area (Å²) in [5.41, 5.74) is 12.2. The lowest BCUT2D eigenvalue weighted by Gasteiger charge is -2.13. The molecule has 0 atom stereocenters. The molecule has 0 radical (unpaired) electrons. The van der Waals surface area contributed by atoms with Crippen molar-refractivity contribution in [2.24, 2.45) is 0 Å². The average molecular weight is 405 g/mol. The van der Waals surface area contributed by atoms with Gasteiger partial charge in [-0.15, -0.1) is 0 Å². The van der Waals surface area contributed by atoms with Crippen LogP contribution in [0.25, 0.3) is 11.3 Å². The highest BCUT2D eigenvalue weighted by Gasteiger charge is 2.10. The Hall–Kier alpha value is -3.54. The summed E-state index contributed by atoms with van der Waals surface area (Å²) < 4.78 is 10.7. The van der Waals surface area contributed by atoms with E-state index >= 15 is 0 Å². The zero-order valence-electron chi connectivity index (χ0n) is 17.9. The Bertz CT molecular complexity index is 1040. The van der Waals surface area contributed by atoms with Crippen LogP contribution >= 0.6 is 0 Å². The summed E-state index contributed by atoms with van der Waals surface area (Å²) in [4.78, 5) is 4.55. The second-order valence-corrected chi connectivity index (χ2v) is 7.07. The van der Waals surface area contributed by atoms with Crippen LogP contribution in [0.2, 0.25) is 0 Å². The summed E-state index contributed by atoms with van der Waals surface area (Å²) in [5.74, 6) is 1.90. The summed E-state index contributed by atoms with van der Waals surface area (Å²) in [7, 11) is 3.29. The van der Waals surface area contributed by atoms with Crippen LogP contribution < -0.4 is 20.5 Å². The molecule has 0 saturated heterocycles. The quantitative estimate of drug-likeness (QED) is 0.457. The fraction of sp³-hybridized carbons (Fsp3) is 0.250. The maximum Gasteiger partial charge on any atom is 0.133 e. The molecule has 1 aromatic heterocycles. The largest absolute Gasteiger partial charge is 0.497 e. The van der Waals surface area contributed by atoms with Gasteiger partial charge in [0.05, 0.1) is 19.9 Å². The van der Waals surface area contributed by atoms with E-state index in [4.69, 9.17) is 20.6 Å². The first-order valence-electron chi connectivity index (χ1n) is 9.86. The fourth-order valence-corrected chi connectivity index (χ4v) is 3.25. The van der Waals surface area contributed by atoms with Crippen molar-refractivity contribution in [1.82, 2.24) is 4.98 Å². The molecule has 6 nitrogen and oxygen atoms in total. The third kappa shape index (κ3) is 4.71. The molecule has 0 aliphatic carbocycles. The fourth-order valence-electron chi connectivity index (χ4n) is 3.25. The maximum atomic E-state index is 8.02. The van der Waals surface area contributed by atoms with E-state index in [1.807, 2.05) is 50.2 Å². The molecule has 0 aliphatic rings. The number of hydrogen-bond acceptors (Lipinski definition) is 6. The molecule has 156 valence electrons. The summed E-state index contributed by atoms with van der Waals surface area (Å²) in [5, 5.41) is 11.5. The average Bonchev–Trinajstić information content (AvgIpc) is 2.77. The zero-order valence-corrected chi connectivity index (χ0v) is 17.9. The van der Waals surface area contributed by atoms with E-state index in [2.05, 4.69) is 22.4 Å². The molecule has 0 spiro atoms. The van der Waals surface area contributed by atoms with Gasteiger partial charge >= 0.3 is 0 Å². The molecule has 0 fully saturated rings. The van der Waals surface area contributed by atoms with E-state index < -0.39 is 0 Å². The molecule has 0 amide bonds. The topological polar surface area (TPSA) is 93.2 Å². The maximum absolute atomic E-state index is 8.02. The van der Waals surface area contributed by atoms with Gasteiger partial charge in [0.15, 0.2) is 0 Å². The lowest BCUT2D eigenvalue weighted by atomic mass is 10.0. The van der Waals surface area contributed by atoms with Gasteiger partial charge in [-0.05, 0) is 60.9 Å². The number of aromatic nitrogens is 1. The molecule has 0 bridgehead atoms. The van der Waals surface area contributed by atoms with Gasteiger partial charge in [-0.1, -0.05) is 13.0 Å². The van der Waals surface area contributed by atoms with Crippen LogP contribution in [-0.2, 0) is 6.54 Å². The van der Waals surface area contributed by atoms with Gasteiger partial charge in [-0.2, -0.15) is 0 Å². The summed E-state index contributed by atoms with van der Waals surface area (Å²) in [6.07, 6.45) is 0.624. The molecule has 0 saturated carbocycles. The first-order valence-corrected chi connectivity index (χ1v) is 9.86. The Kier molecular flexibility index (Phi) is 6.57. The second kappa shape index (κ2) is 9.31. The number of nitrogens with one attached hydrogen (secondary N) is 2. The lowest BCUT2D eigenvalue weighted by Crippen LogP contribution is -2.05. The van der Waals surface area contributed by atoms with E-state index in [9.17, 15) is 0 Å². The number of nitrogens with zero attached hydrogens (tertiary/aromatic N) is 1. The highest BCUT2D eigenvalue weighted by molar-refractivity contribution is 6.02. The number of nitrogen functional groups attached to an aromatic ring is 1. The van der Waals surface area contributed by atoms with Gasteiger partial charge in [0.1, 0.15) is 17.3 Å². The summed E-state index contributed by atoms with van der Waals surface area (Å²) in [6, 6.07) is 15.8. The molecular weight excluding hydrogens is 376 g/mol. The van der Waals surface area contributed by atoms with Crippen LogP contribution in [0.5, 0.6) is 11.5 Å². The SMILES string of the molecule is CCC(=N)c1ccc(-c2cc(NCc3cc(OC)cc(OC)c3)ccc2C)nc1N. The number of ether oxygens (including phenoxy) is 2. The summed E-state index contributed by atoms with van der Waals surface area (Å²) in [6.45, 7) is 4.61. The predicted molar refractivity (Wildman–Crippen MR) is 123 cm³/mol. The summed E-state index contributed by atoms with van der Waals surface area (Å²) >= 11 is 0. The van der Waals surface area contributed by atoms with Gasteiger partial charge in [0.25, 0.3) is 0 Å². The van der Waals surface area contributed by atoms with Crippen LogP contribution in [0.1, 0.15) is 30.0 Å². The van der Waals surface area contributed by atoms with E-state index in [1.165, 1.54) is 0 Å². The molecule has 30 heavy (non-hydrogen) atoms. The monoisotopic (exact) mass is 404 g/mol. The van der Waals surface area contributed by atoms with Crippen LogP contribution in [0.4, 0.5) is 11.5 Å². The van der Waals surface area contributed by atoms with Crippen molar-refractivity contribution in [3.63, 3.8) is 0 Å².